The maximum atomic E-state index is 12.3. The number of thiazole rings is 1. The van der Waals surface area contributed by atoms with Crippen LogP contribution >= 0.6 is 34.3 Å². The van der Waals surface area contributed by atoms with Crippen molar-refractivity contribution in [3.8, 4) is 9.88 Å². The molecule has 6 nitrogen and oxygen atoms in total. The molecule has 0 saturated carbocycles. The number of nitrogens with one attached hydrogen (secondary N) is 1. The zero-order valence-corrected chi connectivity index (χ0v) is 14.8. The number of ether oxygens (including phenoxy) is 1. The number of hydrogen-bond donors (Lipinski definition) is 2. The minimum atomic E-state index is -1.09. The number of aliphatic carboxylic acids is 1. The first kappa shape index (κ1) is 17.9. The molecule has 2 rings (SSSR count). The highest BCUT2D eigenvalue weighted by molar-refractivity contribution is 7.24. The van der Waals surface area contributed by atoms with Crippen LogP contribution in [0.15, 0.2) is 12.1 Å². The molecule has 2 heterocycles. The van der Waals surface area contributed by atoms with Gasteiger partial charge in [0.2, 0.25) is 0 Å². The number of carboxylic acids is 1. The van der Waals surface area contributed by atoms with E-state index in [1.807, 2.05) is 6.07 Å². The predicted octanol–water partition coefficient (Wildman–Crippen LogP) is 3.05. The van der Waals surface area contributed by atoms with E-state index < -0.39 is 17.9 Å². The van der Waals surface area contributed by atoms with E-state index in [1.165, 1.54) is 29.8 Å². The van der Waals surface area contributed by atoms with E-state index in [0.717, 1.165) is 4.88 Å². The number of methoxy groups -OCH3 is 1. The van der Waals surface area contributed by atoms with Gasteiger partial charge in [-0.25, -0.2) is 9.78 Å². The third kappa shape index (κ3) is 4.51. The monoisotopic (exact) mass is 374 g/mol. The first-order chi connectivity index (χ1) is 10.9. The molecule has 0 bridgehead atoms. The highest BCUT2D eigenvalue weighted by Gasteiger charge is 2.23. The summed E-state index contributed by atoms with van der Waals surface area (Å²) in [5.41, 5.74) is 0.558. The number of thiophene rings is 1. The van der Waals surface area contributed by atoms with Crippen molar-refractivity contribution >= 4 is 46.2 Å². The number of rotatable bonds is 7. The molecule has 0 aliphatic rings. The predicted molar refractivity (Wildman–Crippen MR) is 90.6 cm³/mol. The Morgan fingerprint density at radius 3 is 2.74 bits per heavy atom. The van der Waals surface area contributed by atoms with Gasteiger partial charge in [-0.1, -0.05) is 11.6 Å². The van der Waals surface area contributed by atoms with Crippen molar-refractivity contribution in [3.63, 3.8) is 0 Å². The Kier molecular flexibility index (Phi) is 6.11. The second-order valence-corrected chi connectivity index (χ2v) is 7.40. The molecule has 0 spiro atoms. The summed E-state index contributed by atoms with van der Waals surface area (Å²) in [6.07, 6.45) is 0.197. The second kappa shape index (κ2) is 7.87. The fourth-order valence-corrected chi connectivity index (χ4v) is 3.93. The third-order valence-corrected chi connectivity index (χ3v) is 5.56. The van der Waals surface area contributed by atoms with Crippen LogP contribution in [0.5, 0.6) is 0 Å². The molecule has 124 valence electrons. The first-order valence-corrected chi connectivity index (χ1v) is 8.69. The van der Waals surface area contributed by atoms with Gasteiger partial charge in [0.25, 0.3) is 5.91 Å². The van der Waals surface area contributed by atoms with E-state index in [1.54, 1.807) is 13.0 Å². The third-order valence-electron chi connectivity index (χ3n) is 3.00. The van der Waals surface area contributed by atoms with Crippen molar-refractivity contribution in [2.24, 2.45) is 0 Å². The molecule has 23 heavy (non-hydrogen) atoms. The molecule has 0 aromatic carbocycles. The van der Waals surface area contributed by atoms with Gasteiger partial charge in [-0.15, -0.1) is 22.7 Å². The fraction of sp³-hybridized carbons (Fsp3) is 0.357. The number of halogens is 1. The summed E-state index contributed by atoms with van der Waals surface area (Å²) < 4.78 is 5.51. The minimum absolute atomic E-state index is 0.197. The van der Waals surface area contributed by atoms with Crippen LogP contribution in [0, 0.1) is 6.92 Å². The average Bonchev–Trinajstić information content (AvgIpc) is 3.09. The van der Waals surface area contributed by atoms with Gasteiger partial charge >= 0.3 is 5.97 Å². The standard InChI is InChI=1S/C14H15ClN2O4S2/c1-7-11(12(18)17-8(14(19)20)5-6-21-2)23-13(16-7)9-3-4-10(15)22-9/h3-4,8H,5-6H2,1-2H3,(H,17,18)(H,19,20). The van der Waals surface area contributed by atoms with Gasteiger partial charge in [-0.05, 0) is 19.1 Å². The van der Waals surface area contributed by atoms with Crippen LogP contribution < -0.4 is 5.32 Å². The summed E-state index contributed by atoms with van der Waals surface area (Å²) in [4.78, 5) is 29.2. The van der Waals surface area contributed by atoms with Gasteiger partial charge in [0.1, 0.15) is 15.9 Å². The van der Waals surface area contributed by atoms with Crippen molar-refractivity contribution in [2.45, 2.75) is 19.4 Å². The lowest BCUT2D eigenvalue weighted by Gasteiger charge is -2.13. The van der Waals surface area contributed by atoms with Gasteiger partial charge in [0, 0.05) is 20.1 Å². The minimum Gasteiger partial charge on any atom is -0.480 e. The van der Waals surface area contributed by atoms with E-state index in [-0.39, 0.29) is 13.0 Å². The Morgan fingerprint density at radius 2 is 2.17 bits per heavy atom. The lowest BCUT2D eigenvalue weighted by molar-refractivity contribution is -0.139. The highest BCUT2D eigenvalue weighted by atomic mass is 35.5. The number of carbonyl (C=O) groups is 2. The highest BCUT2D eigenvalue weighted by Crippen LogP contribution is 2.34. The number of amides is 1. The maximum Gasteiger partial charge on any atom is 0.326 e. The van der Waals surface area contributed by atoms with Gasteiger partial charge in [0.15, 0.2) is 0 Å². The Morgan fingerprint density at radius 1 is 1.43 bits per heavy atom. The smallest absolute Gasteiger partial charge is 0.326 e. The van der Waals surface area contributed by atoms with E-state index in [4.69, 9.17) is 21.4 Å². The summed E-state index contributed by atoms with van der Waals surface area (Å²) in [5, 5.41) is 12.4. The first-order valence-electron chi connectivity index (χ1n) is 6.68. The van der Waals surface area contributed by atoms with E-state index in [2.05, 4.69) is 10.3 Å². The molecule has 2 aromatic heterocycles. The van der Waals surface area contributed by atoms with E-state index in [0.29, 0.717) is 19.9 Å². The van der Waals surface area contributed by atoms with Crippen LogP contribution in [0.3, 0.4) is 0 Å². The van der Waals surface area contributed by atoms with Crippen molar-refractivity contribution in [3.05, 3.63) is 27.0 Å². The van der Waals surface area contributed by atoms with Gasteiger partial charge < -0.3 is 15.2 Å². The molecule has 0 saturated heterocycles. The van der Waals surface area contributed by atoms with Crippen molar-refractivity contribution in [1.82, 2.24) is 10.3 Å². The van der Waals surface area contributed by atoms with Gasteiger partial charge in [-0.3, -0.25) is 4.79 Å². The number of carboxylic acid groups (broad SMARTS) is 1. The molecule has 0 aliphatic heterocycles. The lowest BCUT2D eigenvalue weighted by Crippen LogP contribution is -2.41. The zero-order valence-electron chi connectivity index (χ0n) is 12.5. The molecule has 9 heteroatoms. The van der Waals surface area contributed by atoms with Crippen molar-refractivity contribution in [1.29, 1.82) is 0 Å². The van der Waals surface area contributed by atoms with Gasteiger partial charge in [-0.2, -0.15) is 0 Å². The Labute approximate surface area is 146 Å². The van der Waals surface area contributed by atoms with Crippen LogP contribution in [0.1, 0.15) is 21.8 Å². The molecule has 0 aliphatic carbocycles. The normalized spacial score (nSPS) is 12.1. The number of nitrogens with zero attached hydrogens (tertiary/aromatic N) is 1. The quantitative estimate of drug-likeness (QED) is 0.777. The van der Waals surface area contributed by atoms with Crippen LogP contribution in [0.4, 0.5) is 0 Å². The van der Waals surface area contributed by atoms with Crippen LogP contribution in [0.2, 0.25) is 4.34 Å². The van der Waals surface area contributed by atoms with E-state index in [9.17, 15) is 9.59 Å². The summed E-state index contributed by atoms with van der Waals surface area (Å²) in [7, 11) is 1.48. The Balaban J connectivity index is 2.16. The molecule has 1 atom stereocenters. The van der Waals surface area contributed by atoms with E-state index >= 15 is 0 Å². The molecule has 1 unspecified atom stereocenters. The van der Waals surface area contributed by atoms with Crippen LogP contribution in [0.25, 0.3) is 9.88 Å². The number of carbonyl (C=O) groups excluding carboxylic acids is 1. The Hall–Kier alpha value is -1.48. The van der Waals surface area contributed by atoms with Crippen LogP contribution in [-0.2, 0) is 9.53 Å². The van der Waals surface area contributed by atoms with Crippen molar-refractivity contribution in [2.75, 3.05) is 13.7 Å². The summed E-state index contributed by atoms with van der Waals surface area (Å²) in [6.45, 7) is 1.97. The second-order valence-electron chi connectivity index (χ2n) is 4.68. The molecule has 2 aromatic rings. The molecule has 0 fully saturated rings. The lowest BCUT2D eigenvalue weighted by atomic mass is 10.2. The summed E-state index contributed by atoms with van der Waals surface area (Å²) >= 11 is 8.50. The number of aromatic nitrogens is 1. The van der Waals surface area contributed by atoms with Crippen LogP contribution in [-0.4, -0.2) is 41.7 Å². The molecule has 1 amide bonds. The summed E-state index contributed by atoms with van der Waals surface area (Å²) in [6, 6.07) is 2.61. The van der Waals surface area contributed by atoms with Crippen molar-refractivity contribution < 1.29 is 19.4 Å². The largest absolute Gasteiger partial charge is 0.480 e. The molecular weight excluding hydrogens is 360 g/mol. The Bertz CT molecular complexity index is 713. The number of aryl methyl sites for hydroxylation is 1. The molecule has 2 N–H and O–H groups in total. The average molecular weight is 375 g/mol. The fourth-order valence-electron chi connectivity index (χ4n) is 1.86. The topological polar surface area (TPSA) is 88.5 Å². The SMILES string of the molecule is COCCC(NC(=O)c1sc(-c2ccc(Cl)s2)nc1C)C(=O)O. The number of hydrogen-bond acceptors (Lipinski definition) is 6. The molecular formula is C14H15ClN2O4S2. The molecule has 0 radical (unpaired) electrons. The zero-order chi connectivity index (χ0) is 17.0. The van der Waals surface area contributed by atoms with Gasteiger partial charge in [0.05, 0.1) is 14.9 Å². The maximum absolute atomic E-state index is 12.3. The summed E-state index contributed by atoms with van der Waals surface area (Å²) in [5.74, 6) is -1.54.